The van der Waals surface area contributed by atoms with Gasteiger partial charge in [-0.3, -0.25) is 4.68 Å². The molecule has 2 nitrogen and oxygen atoms in total. The van der Waals surface area contributed by atoms with E-state index in [1.807, 2.05) is 29.9 Å². The molecule has 0 bridgehead atoms. The topological polar surface area (TPSA) is 17.8 Å². The molecule has 1 heterocycles. The maximum atomic E-state index is 13.7. The van der Waals surface area contributed by atoms with Crippen molar-refractivity contribution >= 4 is 11.6 Å². The van der Waals surface area contributed by atoms with Crippen molar-refractivity contribution in [2.24, 2.45) is 7.05 Å². The summed E-state index contributed by atoms with van der Waals surface area (Å²) in [4.78, 5) is 0. The summed E-state index contributed by atoms with van der Waals surface area (Å²) in [5, 5.41) is 4.12. The van der Waals surface area contributed by atoms with Crippen molar-refractivity contribution in [3.63, 3.8) is 0 Å². The molecule has 0 aliphatic heterocycles. The lowest BCUT2D eigenvalue weighted by molar-refractivity contribution is 0.568. The molecule has 0 saturated heterocycles. The van der Waals surface area contributed by atoms with Gasteiger partial charge in [-0.2, -0.15) is 5.10 Å². The SMILES string of the molecule is Cn1nccc1CCC(CCl)c1ccccc1F. The zero-order chi connectivity index (χ0) is 13.0. The number of aromatic nitrogens is 2. The molecule has 1 unspecified atom stereocenters. The van der Waals surface area contributed by atoms with Crippen molar-refractivity contribution < 1.29 is 4.39 Å². The Morgan fingerprint density at radius 2 is 2.11 bits per heavy atom. The number of aryl methyl sites for hydroxylation is 2. The molecule has 2 aromatic rings. The van der Waals surface area contributed by atoms with Crippen LogP contribution in [0.5, 0.6) is 0 Å². The number of hydrogen-bond acceptors (Lipinski definition) is 1. The van der Waals surface area contributed by atoms with E-state index < -0.39 is 0 Å². The van der Waals surface area contributed by atoms with E-state index in [4.69, 9.17) is 11.6 Å². The third kappa shape index (κ3) is 2.91. The van der Waals surface area contributed by atoms with Gasteiger partial charge >= 0.3 is 0 Å². The van der Waals surface area contributed by atoms with Gasteiger partial charge in [0.25, 0.3) is 0 Å². The van der Waals surface area contributed by atoms with E-state index in [1.165, 1.54) is 6.07 Å². The van der Waals surface area contributed by atoms with Crippen LogP contribution in [-0.4, -0.2) is 15.7 Å². The van der Waals surface area contributed by atoms with Crippen LogP contribution >= 0.6 is 11.6 Å². The largest absolute Gasteiger partial charge is 0.273 e. The van der Waals surface area contributed by atoms with Crippen LogP contribution in [0, 0.1) is 5.82 Å². The molecule has 4 heteroatoms. The Morgan fingerprint density at radius 1 is 1.33 bits per heavy atom. The standard InChI is InChI=1S/C14H16ClFN2/c1-18-12(8-9-17-18)7-6-11(10-15)13-4-2-3-5-14(13)16/h2-5,8-9,11H,6-7,10H2,1H3. The molecule has 0 amide bonds. The molecule has 1 aromatic carbocycles. The highest BCUT2D eigenvalue weighted by Gasteiger charge is 2.15. The molecule has 0 fully saturated rings. The van der Waals surface area contributed by atoms with Crippen molar-refractivity contribution in [1.82, 2.24) is 9.78 Å². The van der Waals surface area contributed by atoms with E-state index in [-0.39, 0.29) is 11.7 Å². The monoisotopic (exact) mass is 266 g/mol. The summed E-state index contributed by atoms with van der Waals surface area (Å²) >= 11 is 5.96. The number of hydrogen-bond donors (Lipinski definition) is 0. The zero-order valence-corrected chi connectivity index (χ0v) is 11.1. The lowest BCUT2D eigenvalue weighted by Crippen LogP contribution is -2.07. The second-order valence-electron chi connectivity index (χ2n) is 4.36. The molecule has 0 N–H and O–H groups in total. The molecule has 96 valence electrons. The summed E-state index contributed by atoms with van der Waals surface area (Å²) in [5.74, 6) is 0.301. The molecule has 0 radical (unpaired) electrons. The highest BCUT2D eigenvalue weighted by molar-refractivity contribution is 6.18. The minimum Gasteiger partial charge on any atom is -0.273 e. The number of rotatable bonds is 5. The molecule has 1 aromatic heterocycles. The zero-order valence-electron chi connectivity index (χ0n) is 10.3. The number of nitrogens with zero attached hydrogens (tertiary/aromatic N) is 2. The molecule has 0 spiro atoms. The van der Waals surface area contributed by atoms with Gasteiger partial charge in [-0.15, -0.1) is 11.6 Å². The minimum atomic E-state index is -0.173. The van der Waals surface area contributed by atoms with Gasteiger partial charge in [-0.05, 0) is 30.5 Å². The third-order valence-electron chi connectivity index (χ3n) is 3.20. The van der Waals surface area contributed by atoms with Gasteiger partial charge in [0, 0.05) is 30.7 Å². The van der Waals surface area contributed by atoms with E-state index in [9.17, 15) is 4.39 Å². The fourth-order valence-corrected chi connectivity index (χ4v) is 2.41. The molecule has 0 aliphatic carbocycles. The lowest BCUT2D eigenvalue weighted by atomic mass is 9.95. The van der Waals surface area contributed by atoms with Crippen molar-refractivity contribution in [3.05, 3.63) is 53.6 Å². The van der Waals surface area contributed by atoms with Crippen LogP contribution in [-0.2, 0) is 13.5 Å². The lowest BCUT2D eigenvalue weighted by Gasteiger charge is -2.15. The predicted molar refractivity (Wildman–Crippen MR) is 71.4 cm³/mol. The molecule has 0 saturated carbocycles. The van der Waals surface area contributed by atoms with Crippen molar-refractivity contribution in [2.75, 3.05) is 5.88 Å². The Hall–Kier alpha value is -1.35. The quantitative estimate of drug-likeness (QED) is 0.757. The summed E-state index contributed by atoms with van der Waals surface area (Å²) in [6.45, 7) is 0. The first-order valence-electron chi connectivity index (χ1n) is 5.99. The van der Waals surface area contributed by atoms with E-state index in [0.29, 0.717) is 11.4 Å². The maximum Gasteiger partial charge on any atom is 0.126 e. The summed E-state index contributed by atoms with van der Waals surface area (Å²) in [5.41, 5.74) is 1.84. The van der Waals surface area contributed by atoms with Crippen molar-refractivity contribution in [2.45, 2.75) is 18.8 Å². The first-order chi connectivity index (χ1) is 8.72. The molecule has 2 rings (SSSR count). The van der Waals surface area contributed by atoms with Gasteiger partial charge in [-0.25, -0.2) is 4.39 Å². The van der Waals surface area contributed by atoms with Crippen LogP contribution in [0.3, 0.4) is 0 Å². The highest BCUT2D eigenvalue weighted by Crippen LogP contribution is 2.25. The van der Waals surface area contributed by atoms with E-state index >= 15 is 0 Å². The Morgan fingerprint density at radius 3 is 2.72 bits per heavy atom. The molecular weight excluding hydrogens is 251 g/mol. The fraction of sp³-hybridized carbons (Fsp3) is 0.357. The number of alkyl halides is 1. The van der Waals surface area contributed by atoms with Crippen molar-refractivity contribution in [1.29, 1.82) is 0 Å². The summed E-state index contributed by atoms with van der Waals surface area (Å²) in [6, 6.07) is 8.82. The second kappa shape index (κ2) is 6.01. The Kier molecular flexibility index (Phi) is 4.37. The van der Waals surface area contributed by atoms with E-state index in [0.717, 1.165) is 18.5 Å². The fourth-order valence-electron chi connectivity index (χ4n) is 2.09. The van der Waals surface area contributed by atoms with Gasteiger partial charge in [0.1, 0.15) is 5.82 Å². The first kappa shape index (κ1) is 13.1. The van der Waals surface area contributed by atoms with Crippen molar-refractivity contribution in [3.8, 4) is 0 Å². The van der Waals surface area contributed by atoms with E-state index in [2.05, 4.69) is 5.10 Å². The highest BCUT2D eigenvalue weighted by atomic mass is 35.5. The van der Waals surface area contributed by atoms with E-state index in [1.54, 1.807) is 12.3 Å². The average Bonchev–Trinajstić information content (AvgIpc) is 2.78. The van der Waals surface area contributed by atoms with Gasteiger partial charge in [0.05, 0.1) is 0 Å². The summed E-state index contributed by atoms with van der Waals surface area (Å²) < 4.78 is 15.5. The van der Waals surface area contributed by atoms with Crippen LogP contribution in [0.4, 0.5) is 4.39 Å². The van der Waals surface area contributed by atoms with Gasteiger partial charge < -0.3 is 0 Å². The summed E-state index contributed by atoms with van der Waals surface area (Å²) in [6.07, 6.45) is 3.44. The van der Waals surface area contributed by atoms with Crippen LogP contribution in [0.25, 0.3) is 0 Å². The summed E-state index contributed by atoms with van der Waals surface area (Å²) in [7, 11) is 1.91. The van der Waals surface area contributed by atoms with Crippen LogP contribution in [0.2, 0.25) is 0 Å². The minimum absolute atomic E-state index is 0.0442. The van der Waals surface area contributed by atoms with Crippen LogP contribution in [0.15, 0.2) is 36.5 Å². The number of halogens is 2. The van der Waals surface area contributed by atoms with Gasteiger partial charge in [0.2, 0.25) is 0 Å². The Bertz CT molecular complexity index is 510. The second-order valence-corrected chi connectivity index (χ2v) is 4.67. The van der Waals surface area contributed by atoms with Gasteiger partial charge in [-0.1, -0.05) is 18.2 Å². The average molecular weight is 267 g/mol. The Labute approximate surface area is 111 Å². The van der Waals surface area contributed by atoms with Gasteiger partial charge in [0.15, 0.2) is 0 Å². The number of benzene rings is 1. The molecule has 1 atom stereocenters. The smallest absolute Gasteiger partial charge is 0.126 e. The molecule has 18 heavy (non-hydrogen) atoms. The molecule has 0 aliphatic rings. The van der Waals surface area contributed by atoms with Crippen LogP contribution < -0.4 is 0 Å². The normalized spacial score (nSPS) is 12.6. The van der Waals surface area contributed by atoms with Crippen LogP contribution in [0.1, 0.15) is 23.6 Å². The maximum absolute atomic E-state index is 13.7. The first-order valence-corrected chi connectivity index (χ1v) is 6.53. The molecular formula is C14H16ClFN2. The Balaban J connectivity index is 2.07. The predicted octanol–water partition coefficient (Wildman–Crippen LogP) is 3.51. The third-order valence-corrected chi connectivity index (χ3v) is 3.58.